The van der Waals surface area contributed by atoms with Crippen molar-refractivity contribution in [2.24, 2.45) is 7.05 Å². The van der Waals surface area contributed by atoms with E-state index in [0.29, 0.717) is 27.6 Å². The van der Waals surface area contributed by atoms with Crippen LogP contribution >= 0.6 is 11.6 Å². The molecule has 84 valence electrons. The fraction of sp³-hybridized carbons (Fsp3) is 0.200. The summed E-state index contributed by atoms with van der Waals surface area (Å²) < 4.78 is 6.29. The third-order valence-corrected chi connectivity index (χ3v) is 2.72. The average molecular weight is 240 g/mol. The third-order valence-electron chi connectivity index (χ3n) is 2.41. The Morgan fingerprint density at radius 2 is 2.25 bits per heavy atom. The number of hydrogen-bond donors (Lipinski definition) is 1. The van der Waals surface area contributed by atoms with Gasteiger partial charge in [-0.25, -0.2) is 9.78 Å². The highest BCUT2D eigenvalue weighted by atomic mass is 35.5. The van der Waals surface area contributed by atoms with Crippen LogP contribution in [0.25, 0.3) is 11.0 Å². The van der Waals surface area contributed by atoms with Crippen molar-refractivity contribution >= 4 is 34.6 Å². The Hall–Kier alpha value is -1.75. The van der Waals surface area contributed by atoms with E-state index in [4.69, 9.17) is 17.3 Å². The van der Waals surface area contributed by atoms with Crippen molar-refractivity contribution in [3.05, 3.63) is 22.7 Å². The lowest BCUT2D eigenvalue weighted by molar-refractivity contribution is 0.0602. The fourth-order valence-electron chi connectivity index (χ4n) is 1.58. The number of rotatable bonds is 1. The van der Waals surface area contributed by atoms with Crippen LogP contribution in [0.15, 0.2) is 12.1 Å². The minimum Gasteiger partial charge on any atom is -0.465 e. The molecule has 0 aliphatic carbocycles. The molecule has 2 aromatic rings. The summed E-state index contributed by atoms with van der Waals surface area (Å²) in [6.45, 7) is 0. The summed E-state index contributed by atoms with van der Waals surface area (Å²) in [7, 11) is 3.04. The van der Waals surface area contributed by atoms with Crippen molar-refractivity contribution in [3.8, 4) is 0 Å². The first-order chi connectivity index (χ1) is 7.56. The Kier molecular flexibility index (Phi) is 2.47. The molecule has 0 aliphatic rings. The molecule has 0 aliphatic heterocycles. The van der Waals surface area contributed by atoms with Crippen molar-refractivity contribution in [1.29, 1.82) is 0 Å². The van der Waals surface area contributed by atoms with Crippen LogP contribution in [-0.4, -0.2) is 22.6 Å². The summed E-state index contributed by atoms with van der Waals surface area (Å²) in [4.78, 5) is 15.6. The number of carbonyl (C=O) groups excluding carboxylic acids is 1. The summed E-state index contributed by atoms with van der Waals surface area (Å²) in [5, 5.41) is 0.454. The number of aromatic nitrogens is 2. The lowest BCUT2D eigenvalue weighted by atomic mass is 10.2. The number of nitrogens with two attached hydrogens (primary N) is 1. The van der Waals surface area contributed by atoms with Crippen molar-refractivity contribution in [2.45, 2.75) is 0 Å². The minimum absolute atomic E-state index is 0.299. The van der Waals surface area contributed by atoms with Crippen LogP contribution in [0.4, 0.5) is 5.95 Å². The summed E-state index contributed by atoms with van der Waals surface area (Å²) in [5.74, 6) is -0.141. The van der Waals surface area contributed by atoms with Gasteiger partial charge in [0.2, 0.25) is 5.95 Å². The number of nitrogen functional groups attached to an aromatic ring is 1. The summed E-state index contributed by atoms with van der Waals surface area (Å²) in [6, 6.07) is 3.19. The largest absolute Gasteiger partial charge is 0.465 e. The van der Waals surface area contributed by atoms with Gasteiger partial charge in [-0.3, -0.25) is 0 Å². The fourth-order valence-corrected chi connectivity index (χ4v) is 1.77. The number of halogens is 1. The number of methoxy groups -OCH3 is 1. The van der Waals surface area contributed by atoms with Gasteiger partial charge in [0, 0.05) is 7.05 Å². The molecule has 5 nitrogen and oxygen atoms in total. The van der Waals surface area contributed by atoms with E-state index >= 15 is 0 Å². The smallest absolute Gasteiger partial charge is 0.340 e. The van der Waals surface area contributed by atoms with Crippen LogP contribution in [0.1, 0.15) is 10.4 Å². The quantitative estimate of drug-likeness (QED) is 0.768. The van der Waals surface area contributed by atoms with Gasteiger partial charge in [0.1, 0.15) is 5.52 Å². The molecule has 1 heterocycles. The van der Waals surface area contributed by atoms with Crippen LogP contribution in [0.5, 0.6) is 0 Å². The number of nitrogens with zero attached hydrogens (tertiary/aromatic N) is 2. The van der Waals surface area contributed by atoms with Crippen LogP contribution in [0, 0.1) is 0 Å². The van der Waals surface area contributed by atoms with E-state index in [2.05, 4.69) is 9.72 Å². The lowest BCUT2D eigenvalue weighted by Crippen LogP contribution is -2.05. The predicted molar refractivity (Wildman–Crippen MR) is 61.5 cm³/mol. The van der Waals surface area contributed by atoms with Gasteiger partial charge in [-0.15, -0.1) is 0 Å². The number of hydrogen-bond acceptors (Lipinski definition) is 4. The first-order valence-corrected chi connectivity index (χ1v) is 4.92. The van der Waals surface area contributed by atoms with E-state index in [-0.39, 0.29) is 0 Å². The number of anilines is 1. The van der Waals surface area contributed by atoms with E-state index in [1.54, 1.807) is 23.7 Å². The first kappa shape index (κ1) is 10.8. The van der Waals surface area contributed by atoms with Gasteiger partial charge in [-0.2, -0.15) is 0 Å². The highest BCUT2D eigenvalue weighted by molar-refractivity contribution is 6.35. The van der Waals surface area contributed by atoms with Crippen molar-refractivity contribution in [2.75, 3.05) is 12.8 Å². The van der Waals surface area contributed by atoms with Crippen molar-refractivity contribution in [1.82, 2.24) is 9.55 Å². The zero-order valence-corrected chi connectivity index (χ0v) is 9.58. The zero-order chi connectivity index (χ0) is 11.9. The van der Waals surface area contributed by atoms with Gasteiger partial charge in [0.25, 0.3) is 0 Å². The number of ether oxygens (including phenoxy) is 1. The molecule has 6 heteroatoms. The maximum absolute atomic E-state index is 11.6. The summed E-state index contributed by atoms with van der Waals surface area (Å²) in [6.07, 6.45) is 0. The van der Waals surface area contributed by atoms with Gasteiger partial charge < -0.3 is 15.0 Å². The van der Waals surface area contributed by atoms with Crippen LogP contribution in [-0.2, 0) is 11.8 Å². The Bertz CT molecular complexity index is 577. The SMILES string of the molecule is COC(=O)c1ccc(Cl)c2nc(N)n(C)c12. The Labute approximate surface area is 96.8 Å². The molecule has 0 amide bonds. The van der Waals surface area contributed by atoms with E-state index in [9.17, 15) is 4.79 Å². The monoisotopic (exact) mass is 239 g/mol. The van der Waals surface area contributed by atoms with Gasteiger partial charge in [-0.1, -0.05) is 11.6 Å². The molecular formula is C10H10ClN3O2. The van der Waals surface area contributed by atoms with E-state index in [1.807, 2.05) is 0 Å². The molecule has 2 rings (SSSR count). The maximum Gasteiger partial charge on any atom is 0.340 e. The molecule has 2 N–H and O–H groups in total. The number of benzene rings is 1. The average Bonchev–Trinajstić information content (AvgIpc) is 2.57. The van der Waals surface area contributed by atoms with Crippen LogP contribution in [0.3, 0.4) is 0 Å². The molecule has 1 aromatic carbocycles. The van der Waals surface area contributed by atoms with Gasteiger partial charge >= 0.3 is 5.97 Å². The first-order valence-electron chi connectivity index (χ1n) is 4.55. The lowest BCUT2D eigenvalue weighted by Gasteiger charge is -2.04. The van der Waals surface area contributed by atoms with E-state index in [1.165, 1.54) is 7.11 Å². The van der Waals surface area contributed by atoms with Crippen molar-refractivity contribution < 1.29 is 9.53 Å². The standard InChI is InChI=1S/C10H10ClN3O2/c1-14-8-5(9(15)16-2)3-4-6(11)7(8)13-10(14)12/h3-4H,1-2H3,(H2,12,13). The maximum atomic E-state index is 11.6. The Morgan fingerprint density at radius 1 is 1.56 bits per heavy atom. The summed E-state index contributed by atoms with van der Waals surface area (Å²) >= 11 is 5.98. The minimum atomic E-state index is -0.440. The van der Waals surface area contributed by atoms with Crippen molar-refractivity contribution in [3.63, 3.8) is 0 Å². The Morgan fingerprint density at radius 3 is 2.88 bits per heavy atom. The van der Waals surface area contributed by atoms with Gasteiger partial charge in [-0.05, 0) is 12.1 Å². The second-order valence-corrected chi connectivity index (χ2v) is 3.72. The number of fused-ring (bicyclic) bond motifs is 1. The number of carbonyl (C=O) groups is 1. The molecule has 0 radical (unpaired) electrons. The van der Waals surface area contributed by atoms with Gasteiger partial charge in [0.05, 0.1) is 23.2 Å². The third kappa shape index (κ3) is 1.40. The molecule has 0 atom stereocenters. The molecule has 0 bridgehead atoms. The molecule has 0 fully saturated rings. The van der Waals surface area contributed by atoms with E-state index < -0.39 is 5.97 Å². The summed E-state index contributed by atoms with van der Waals surface area (Å²) in [5.41, 5.74) is 7.15. The second-order valence-electron chi connectivity index (χ2n) is 3.31. The molecule has 0 saturated carbocycles. The zero-order valence-electron chi connectivity index (χ0n) is 8.82. The number of esters is 1. The molecular weight excluding hydrogens is 230 g/mol. The van der Waals surface area contributed by atoms with E-state index in [0.717, 1.165) is 0 Å². The predicted octanol–water partition coefficient (Wildman–Crippen LogP) is 1.60. The highest BCUT2D eigenvalue weighted by Gasteiger charge is 2.17. The topological polar surface area (TPSA) is 70.1 Å². The number of aryl methyl sites for hydroxylation is 1. The Balaban J connectivity index is 2.86. The van der Waals surface area contributed by atoms with Crippen LogP contribution in [0.2, 0.25) is 5.02 Å². The molecule has 0 spiro atoms. The number of imidazole rings is 1. The molecule has 16 heavy (non-hydrogen) atoms. The second kappa shape index (κ2) is 3.68. The molecule has 0 saturated heterocycles. The van der Waals surface area contributed by atoms with Crippen LogP contribution < -0.4 is 5.73 Å². The highest BCUT2D eigenvalue weighted by Crippen LogP contribution is 2.27. The molecule has 1 aromatic heterocycles. The van der Waals surface area contributed by atoms with Gasteiger partial charge in [0.15, 0.2) is 0 Å². The normalized spacial score (nSPS) is 10.7. The molecule has 0 unspecified atom stereocenters.